The predicted molar refractivity (Wildman–Crippen MR) is 96.0 cm³/mol. The highest BCUT2D eigenvalue weighted by Crippen LogP contribution is 2.35. The second kappa shape index (κ2) is 7.23. The number of alkyl halides is 3. The van der Waals surface area contributed by atoms with E-state index in [0.717, 1.165) is 23.2 Å². The summed E-state index contributed by atoms with van der Waals surface area (Å²) in [5, 5.41) is 0.599. The number of aromatic nitrogens is 1. The van der Waals surface area contributed by atoms with Crippen LogP contribution in [0.5, 0.6) is 5.75 Å². The molecule has 144 valence electrons. The summed E-state index contributed by atoms with van der Waals surface area (Å²) in [4.78, 5) is 0. The number of rotatable bonds is 5. The smallest absolute Gasteiger partial charge is 0.416 e. The molecule has 0 aliphatic rings. The number of ether oxygens (including phenoxy) is 1. The zero-order chi connectivity index (χ0) is 19.8. The molecule has 0 saturated carbocycles. The Morgan fingerprint density at radius 3 is 2.59 bits per heavy atom. The van der Waals surface area contributed by atoms with Crippen LogP contribution >= 0.6 is 0 Å². The molecule has 27 heavy (non-hydrogen) atoms. The third-order valence-corrected chi connectivity index (χ3v) is 4.32. The van der Waals surface area contributed by atoms with Gasteiger partial charge in [0.1, 0.15) is 6.61 Å². The summed E-state index contributed by atoms with van der Waals surface area (Å²) >= 11 is 0. The maximum absolute atomic E-state index is 14.5. The molecule has 0 amide bonds. The Balaban J connectivity index is 1.96. The van der Waals surface area contributed by atoms with Gasteiger partial charge >= 0.3 is 6.18 Å². The molecule has 2 N–H and O–H groups in total. The maximum Gasteiger partial charge on any atom is 0.416 e. The van der Waals surface area contributed by atoms with Gasteiger partial charge in [0.2, 0.25) is 0 Å². The molecule has 0 aliphatic heterocycles. The molecule has 0 bridgehead atoms. The van der Waals surface area contributed by atoms with Gasteiger partial charge in [-0.25, -0.2) is 4.39 Å². The van der Waals surface area contributed by atoms with E-state index in [-0.39, 0.29) is 18.4 Å². The van der Waals surface area contributed by atoms with Crippen molar-refractivity contribution < 1.29 is 22.3 Å². The van der Waals surface area contributed by atoms with E-state index < -0.39 is 17.6 Å². The van der Waals surface area contributed by atoms with Crippen molar-refractivity contribution in [2.75, 3.05) is 0 Å². The minimum Gasteiger partial charge on any atom is -0.485 e. The normalized spacial score (nSPS) is 13.1. The van der Waals surface area contributed by atoms with Crippen LogP contribution < -0.4 is 10.5 Å². The third kappa shape index (κ3) is 4.08. The average Bonchev–Trinajstić information content (AvgIpc) is 2.88. The molecular formula is C20H20F4N2O. The zero-order valence-electron chi connectivity index (χ0n) is 15.0. The van der Waals surface area contributed by atoms with Crippen molar-refractivity contribution in [2.24, 2.45) is 12.8 Å². The van der Waals surface area contributed by atoms with Gasteiger partial charge in [-0.05, 0) is 48.7 Å². The van der Waals surface area contributed by atoms with E-state index in [2.05, 4.69) is 0 Å². The highest BCUT2D eigenvalue weighted by atomic mass is 19.4. The van der Waals surface area contributed by atoms with E-state index in [1.165, 1.54) is 18.2 Å². The van der Waals surface area contributed by atoms with Gasteiger partial charge in [-0.15, -0.1) is 0 Å². The van der Waals surface area contributed by atoms with Crippen LogP contribution in [0.1, 0.15) is 23.6 Å². The van der Waals surface area contributed by atoms with Gasteiger partial charge in [0.25, 0.3) is 0 Å². The SMILES string of the molecule is CC(N)Cc1cn(C)c2ccc(F)c(OCc3cccc(C(F)(F)F)c3)c12. The molecule has 2 aromatic carbocycles. The van der Waals surface area contributed by atoms with Crippen molar-refractivity contribution in [3.05, 3.63) is 65.1 Å². The molecule has 3 nitrogen and oxygen atoms in total. The maximum atomic E-state index is 14.5. The molecule has 1 aromatic heterocycles. The molecule has 0 saturated heterocycles. The number of fused-ring (bicyclic) bond motifs is 1. The van der Waals surface area contributed by atoms with Crippen LogP contribution in [-0.4, -0.2) is 10.6 Å². The lowest BCUT2D eigenvalue weighted by Gasteiger charge is -2.13. The van der Waals surface area contributed by atoms with E-state index in [1.807, 2.05) is 24.7 Å². The average molecular weight is 380 g/mol. The summed E-state index contributed by atoms with van der Waals surface area (Å²) in [5.74, 6) is -0.534. The fraction of sp³-hybridized carbons (Fsp3) is 0.300. The Hall–Kier alpha value is -2.54. The zero-order valence-corrected chi connectivity index (χ0v) is 15.0. The number of aryl methyl sites for hydroxylation is 1. The number of nitrogens with zero attached hydrogens (tertiary/aromatic N) is 1. The Morgan fingerprint density at radius 2 is 1.93 bits per heavy atom. The molecule has 3 rings (SSSR count). The van der Waals surface area contributed by atoms with Gasteiger partial charge in [0.05, 0.1) is 11.1 Å². The van der Waals surface area contributed by atoms with Gasteiger partial charge < -0.3 is 15.0 Å². The number of halogens is 4. The number of hydrogen-bond acceptors (Lipinski definition) is 2. The first-order chi connectivity index (χ1) is 12.7. The van der Waals surface area contributed by atoms with Gasteiger partial charge in [-0.3, -0.25) is 0 Å². The van der Waals surface area contributed by atoms with E-state index in [0.29, 0.717) is 17.4 Å². The molecule has 0 radical (unpaired) electrons. The Morgan fingerprint density at radius 1 is 1.19 bits per heavy atom. The van der Waals surface area contributed by atoms with Crippen LogP contribution in [0.3, 0.4) is 0 Å². The van der Waals surface area contributed by atoms with E-state index in [1.54, 1.807) is 6.07 Å². The van der Waals surface area contributed by atoms with Crippen molar-refractivity contribution in [1.82, 2.24) is 4.57 Å². The predicted octanol–water partition coefficient (Wildman–Crippen LogP) is 4.80. The van der Waals surface area contributed by atoms with Crippen molar-refractivity contribution in [2.45, 2.75) is 32.2 Å². The minimum atomic E-state index is -4.44. The molecule has 3 aromatic rings. The van der Waals surface area contributed by atoms with E-state index in [9.17, 15) is 17.6 Å². The quantitative estimate of drug-likeness (QED) is 0.646. The minimum absolute atomic E-state index is 0.0289. The van der Waals surface area contributed by atoms with Gasteiger partial charge in [0, 0.05) is 24.7 Å². The summed E-state index contributed by atoms with van der Waals surface area (Å²) in [6.45, 7) is 1.67. The van der Waals surface area contributed by atoms with Crippen LogP contribution in [0.4, 0.5) is 17.6 Å². The Bertz CT molecular complexity index is 961. The highest BCUT2D eigenvalue weighted by Gasteiger charge is 2.30. The summed E-state index contributed by atoms with van der Waals surface area (Å²) in [7, 11) is 1.83. The molecule has 0 spiro atoms. The van der Waals surface area contributed by atoms with Crippen molar-refractivity contribution >= 4 is 10.9 Å². The molecule has 7 heteroatoms. The van der Waals surface area contributed by atoms with Gasteiger partial charge in [0.15, 0.2) is 11.6 Å². The first kappa shape index (κ1) is 19.2. The third-order valence-electron chi connectivity index (χ3n) is 4.32. The Kier molecular flexibility index (Phi) is 5.15. The van der Waals surface area contributed by atoms with Gasteiger partial charge in [-0.1, -0.05) is 12.1 Å². The van der Waals surface area contributed by atoms with Gasteiger partial charge in [-0.2, -0.15) is 13.2 Å². The summed E-state index contributed by atoms with van der Waals surface area (Å²) < 4.78 is 60.6. The number of benzene rings is 2. The van der Waals surface area contributed by atoms with Crippen molar-refractivity contribution in [3.63, 3.8) is 0 Å². The molecule has 0 aliphatic carbocycles. The summed E-state index contributed by atoms with van der Waals surface area (Å²) in [6.07, 6.45) is -2.05. The number of nitrogens with two attached hydrogens (primary N) is 1. The highest BCUT2D eigenvalue weighted by molar-refractivity contribution is 5.90. The molecule has 1 atom stereocenters. The standard InChI is InChI=1S/C20H20F4N2O/c1-12(25)8-14-10-26(2)17-7-6-16(21)19(18(14)17)27-11-13-4-3-5-15(9-13)20(22,23)24/h3-7,9-10,12H,8,11,25H2,1-2H3. The lowest BCUT2D eigenvalue weighted by atomic mass is 10.1. The first-order valence-electron chi connectivity index (χ1n) is 8.47. The largest absolute Gasteiger partial charge is 0.485 e. The summed E-state index contributed by atoms with van der Waals surface area (Å²) in [5.41, 5.74) is 7.04. The van der Waals surface area contributed by atoms with Crippen LogP contribution in [-0.2, 0) is 26.3 Å². The van der Waals surface area contributed by atoms with Crippen molar-refractivity contribution in [3.8, 4) is 5.75 Å². The molecular weight excluding hydrogens is 360 g/mol. The molecule has 0 fully saturated rings. The summed E-state index contributed by atoms with van der Waals surface area (Å²) in [6, 6.07) is 7.62. The lowest BCUT2D eigenvalue weighted by molar-refractivity contribution is -0.137. The Labute approximate surface area is 154 Å². The molecule has 1 heterocycles. The topological polar surface area (TPSA) is 40.2 Å². The van der Waals surface area contributed by atoms with Crippen LogP contribution in [0.2, 0.25) is 0 Å². The molecule has 1 unspecified atom stereocenters. The van der Waals surface area contributed by atoms with E-state index >= 15 is 0 Å². The second-order valence-electron chi connectivity index (χ2n) is 6.70. The first-order valence-corrected chi connectivity index (χ1v) is 8.47. The van der Waals surface area contributed by atoms with E-state index in [4.69, 9.17) is 10.5 Å². The van der Waals surface area contributed by atoms with Crippen LogP contribution in [0.25, 0.3) is 10.9 Å². The van der Waals surface area contributed by atoms with Crippen LogP contribution in [0, 0.1) is 5.82 Å². The fourth-order valence-corrected chi connectivity index (χ4v) is 3.15. The second-order valence-corrected chi connectivity index (χ2v) is 6.70. The number of hydrogen-bond donors (Lipinski definition) is 1. The van der Waals surface area contributed by atoms with Crippen molar-refractivity contribution in [1.29, 1.82) is 0 Å². The van der Waals surface area contributed by atoms with Crippen LogP contribution in [0.15, 0.2) is 42.6 Å². The lowest BCUT2D eigenvalue weighted by Crippen LogP contribution is -2.17. The monoisotopic (exact) mass is 380 g/mol. The fourth-order valence-electron chi connectivity index (χ4n) is 3.15.